The van der Waals surface area contributed by atoms with Gasteiger partial charge in [-0.25, -0.2) is 4.79 Å². The highest BCUT2D eigenvalue weighted by molar-refractivity contribution is 6.30. The Morgan fingerprint density at radius 1 is 0.889 bits per heavy atom. The lowest BCUT2D eigenvalue weighted by Crippen LogP contribution is -2.23. The third kappa shape index (κ3) is 2.54. The Morgan fingerprint density at radius 3 is 2.11 bits per heavy atom. The SMILES string of the molecule is COc1cc(/C=C2\C=CC(=O)O2)c(OC)c2c1C(=O)c1ccccc1C2=O. The summed E-state index contributed by atoms with van der Waals surface area (Å²) in [5, 5.41) is 0. The number of fused-ring (bicyclic) bond motifs is 2. The lowest BCUT2D eigenvalue weighted by molar-refractivity contribution is -0.132. The summed E-state index contributed by atoms with van der Waals surface area (Å²) < 4.78 is 15.9. The first-order valence-electron chi connectivity index (χ1n) is 8.14. The third-order valence-corrected chi connectivity index (χ3v) is 4.47. The summed E-state index contributed by atoms with van der Waals surface area (Å²) in [5.74, 6) is -0.335. The van der Waals surface area contributed by atoms with E-state index >= 15 is 0 Å². The van der Waals surface area contributed by atoms with Crippen LogP contribution in [0.15, 0.2) is 48.2 Å². The van der Waals surface area contributed by atoms with E-state index in [2.05, 4.69) is 0 Å². The van der Waals surface area contributed by atoms with E-state index in [0.717, 1.165) is 0 Å². The molecule has 0 N–H and O–H groups in total. The summed E-state index contributed by atoms with van der Waals surface area (Å²) in [6.45, 7) is 0. The van der Waals surface area contributed by atoms with E-state index in [0.29, 0.717) is 22.4 Å². The molecule has 6 nitrogen and oxygen atoms in total. The van der Waals surface area contributed by atoms with Gasteiger partial charge in [-0.1, -0.05) is 24.3 Å². The minimum Gasteiger partial charge on any atom is -0.496 e. The van der Waals surface area contributed by atoms with Gasteiger partial charge in [-0.15, -0.1) is 0 Å². The van der Waals surface area contributed by atoms with E-state index in [1.165, 1.54) is 26.4 Å². The first-order chi connectivity index (χ1) is 13.0. The van der Waals surface area contributed by atoms with E-state index in [1.54, 1.807) is 36.4 Å². The normalized spacial score (nSPS) is 16.2. The summed E-state index contributed by atoms with van der Waals surface area (Å²) in [5.41, 5.74) is 1.41. The third-order valence-electron chi connectivity index (χ3n) is 4.47. The van der Waals surface area contributed by atoms with Gasteiger partial charge in [-0.05, 0) is 18.2 Å². The molecule has 0 fully saturated rings. The fourth-order valence-corrected chi connectivity index (χ4v) is 3.30. The van der Waals surface area contributed by atoms with E-state index in [1.807, 2.05) is 0 Å². The number of hydrogen-bond acceptors (Lipinski definition) is 6. The van der Waals surface area contributed by atoms with Crippen molar-refractivity contribution in [3.63, 3.8) is 0 Å². The highest BCUT2D eigenvalue weighted by Crippen LogP contribution is 2.41. The fraction of sp³-hybridized carbons (Fsp3) is 0.0952. The molecule has 1 aliphatic heterocycles. The maximum atomic E-state index is 13.1. The van der Waals surface area contributed by atoms with Crippen LogP contribution in [0.4, 0.5) is 0 Å². The van der Waals surface area contributed by atoms with Crippen LogP contribution < -0.4 is 9.47 Å². The Kier molecular flexibility index (Phi) is 3.88. The summed E-state index contributed by atoms with van der Waals surface area (Å²) >= 11 is 0. The number of methoxy groups -OCH3 is 2. The standard InChI is InChI=1S/C21H14O6/c1-25-15-10-11(9-12-7-8-16(22)27-12)21(26-2)18-17(15)19(23)13-5-3-4-6-14(13)20(18)24/h3-10H,1-2H3/b12-9+. The molecule has 0 atom stereocenters. The van der Waals surface area contributed by atoms with Crippen LogP contribution in [0.25, 0.3) is 6.08 Å². The molecule has 0 saturated carbocycles. The molecule has 2 aliphatic rings. The van der Waals surface area contributed by atoms with Crippen molar-refractivity contribution in [3.8, 4) is 11.5 Å². The summed E-state index contributed by atoms with van der Waals surface area (Å²) in [6.07, 6.45) is 4.36. The molecular formula is C21H14O6. The lowest BCUT2D eigenvalue weighted by atomic mass is 9.82. The average Bonchev–Trinajstić information content (AvgIpc) is 3.09. The first kappa shape index (κ1) is 16.8. The van der Waals surface area contributed by atoms with Gasteiger partial charge in [-0.2, -0.15) is 0 Å². The van der Waals surface area contributed by atoms with Crippen molar-refractivity contribution in [1.29, 1.82) is 0 Å². The van der Waals surface area contributed by atoms with Crippen molar-refractivity contribution in [3.05, 3.63) is 76.1 Å². The van der Waals surface area contributed by atoms with Crippen LogP contribution >= 0.6 is 0 Å². The van der Waals surface area contributed by atoms with E-state index < -0.39 is 5.97 Å². The maximum absolute atomic E-state index is 13.1. The van der Waals surface area contributed by atoms with Gasteiger partial charge in [-0.3, -0.25) is 9.59 Å². The largest absolute Gasteiger partial charge is 0.496 e. The molecule has 0 aromatic heterocycles. The van der Waals surface area contributed by atoms with Gasteiger partial charge >= 0.3 is 5.97 Å². The molecule has 6 heteroatoms. The maximum Gasteiger partial charge on any atom is 0.336 e. The van der Waals surface area contributed by atoms with Gasteiger partial charge in [0.1, 0.15) is 17.3 Å². The van der Waals surface area contributed by atoms with Crippen molar-refractivity contribution < 1.29 is 28.6 Å². The van der Waals surface area contributed by atoms with Gasteiger partial charge < -0.3 is 14.2 Å². The number of cyclic esters (lactones) is 1. The van der Waals surface area contributed by atoms with Gasteiger partial charge in [0.25, 0.3) is 0 Å². The topological polar surface area (TPSA) is 78.9 Å². The average molecular weight is 362 g/mol. The van der Waals surface area contributed by atoms with Crippen LogP contribution in [0.3, 0.4) is 0 Å². The second-order valence-electron chi connectivity index (χ2n) is 5.96. The van der Waals surface area contributed by atoms with E-state index in [4.69, 9.17) is 14.2 Å². The predicted octanol–water partition coefficient (Wildman–Crippen LogP) is 2.93. The molecule has 134 valence electrons. The molecule has 27 heavy (non-hydrogen) atoms. The summed E-state index contributed by atoms with van der Waals surface area (Å²) in [4.78, 5) is 37.4. The second-order valence-corrected chi connectivity index (χ2v) is 5.96. The van der Waals surface area contributed by atoms with Crippen molar-refractivity contribution in [2.45, 2.75) is 0 Å². The molecule has 2 aromatic rings. The van der Waals surface area contributed by atoms with Gasteiger partial charge in [0.2, 0.25) is 0 Å². The molecular weight excluding hydrogens is 348 g/mol. The molecule has 1 heterocycles. The zero-order valence-corrected chi connectivity index (χ0v) is 14.6. The fourth-order valence-electron chi connectivity index (χ4n) is 3.30. The number of allylic oxidation sites excluding steroid dienone is 1. The lowest BCUT2D eigenvalue weighted by Gasteiger charge is -2.23. The quantitative estimate of drug-likeness (QED) is 0.667. The van der Waals surface area contributed by atoms with Crippen LogP contribution in [-0.4, -0.2) is 31.8 Å². The summed E-state index contributed by atoms with van der Waals surface area (Å²) in [6, 6.07) is 8.22. The van der Waals surface area contributed by atoms with Crippen LogP contribution in [0.5, 0.6) is 11.5 Å². The van der Waals surface area contributed by atoms with Crippen molar-refractivity contribution in [2.24, 2.45) is 0 Å². The minimum absolute atomic E-state index is 0.140. The Hall–Kier alpha value is -3.67. The number of ether oxygens (including phenoxy) is 3. The van der Waals surface area contributed by atoms with Gasteiger partial charge in [0.15, 0.2) is 11.6 Å². The zero-order chi connectivity index (χ0) is 19.1. The first-order valence-corrected chi connectivity index (χ1v) is 8.14. The molecule has 0 spiro atoms. The Bertz CT molecular complexity index is 1070. The number of ketones is 2. The molecule has 2 aromatic carbocycles. The van der Waals surface area contributed by atoms with E-state index in [9.17, 15) is 14.4 Å². The summed E-state index contributed by atoms with van der Waals surface area (Å²) in [7, 11) is 2.84. The monoisotopic (exact) mass is 362 g/mol. The minimum atomic E-state index is -0.481. The smallest absolute Gasteiger partial charge is 0.336 e. The van der Waals surface area contributed by atoms with Crippen LogP contribution in [-0.2, 0) is 9.53 Å². The highest BCUT2D eigenvalue weighted by Gasteiger charge is 2.36. The number of benzene rings is 2. The number of carbonyl (C=O) groups excluding carboxylic acids is 3. The zero-order valence-electron chi connectivity index (χ0n) is 14.6. The molecule has 0 amide bonds. The van der Waals surface area contributed by atoms with Crippen LogP contribution in [0.1, 0.15) is 37.4 Å². The highest BCUT2D eigenvalue weighted by atomic mass is 16.5. The van der Waals surface area contributed by atoms with Crippen molar-refractivity contribution in [2.75, 3.05) is 14.2 Å². The number of esters is 1. The van der Waals surface area contributed by atoms with Crippen molar-refractivity contribution in [1.82, 2.24) is 0 Å². The second kappa shape index (κ2) is 6.25. The molecule has 0 unspecified atom stereocenters. The number of hydrogen-bond donors (Lipinski definition) is 0. The van der Waals surface area contributed by atoms with Crippen LogP contribution in [0.2, 0.25) is 0 Å². The van der Waals surface area contributed by atoms with Gasteiger partial charge in [0, 0.05) is 22.8 Å². The molecule has 4 rings (SSSR count). The van der Waals surface area contributed by atoms with Crippen LogP contribution in [0, 0.1) is 0 Å². The Labute approximate surface area is 154 Å². The number of rotatable bonds is 3. The predicted molar refractivity (Wildman–Crippen MR) is 96.1 cm³/mol. The molecule has 0 saturated heterocycles. The Morgan fingerprint density at radius 2 is 1.56 bits per heavy atom. The van der Waals surface area contributed by atoms with Gasteiger partial charge in [0.05, 0.1) is 25.3 Å². The molecule has 0 radical (unpaired) electrons. The number of carbonyl (C=O) groups is 3. The molecule has 0 bridgehead atoms. The van der Waals surface area contributed by atoms with Crippen molar-refractivity contribution >= 4 is 23.6 Å². The van der Waals surface area contributed by atoms with E-state index in [-0.39, 0.29) is 34.2 Å². The Balaban J connectivity index is 1.99. The molecule has 1 aliphatic carbocycles.